The van der Waals surface area contributed by atoms with Gasteiger partial charge in [0.1, 0.15) is 12.4 Å². The third-order valence-corrected chi connectivity index (χ3v) is 7.85. The fourth-order valence-electron chi connectivity index (χ4n) is 5.36. The molecule has 1 aliphatic carbocycles. The predicted molar refractivity (Wildman–Crippen MR) is 155 cm³/mol. The molecule has 5 heterocycles. The van der Waals surface area contributed by atoms with Crippen molar-refractivity contribution in [2.45, 2.75) is 38.5 Å². The lowest BCUT2D eigenvalue weighted by Crippen LogP contribution is -2.50. The molecule has 11 nitrogen and oxygen atoms in total. The van der Waals surface area contributed by atoms with Crippen molar-refractivity contribution in [2.75, 3.05) is 4.90 Å². The van der Waals surface area contributed by atoms with Crippen LogP contribution >= 0.6 is 11.6 Å². The van der Waals surface area contributed by atoms with Gasteiger partial charge in [0, 0.05) is 17.1 Å². The fraction of sp³-hybridized carbons (Fsp3) is 0.233. The van der Waals surface area contributed by atoms with E-state index in [1.54, 1.807) is 12.1 Å². The van der Waals surface area contributed by atoms with Crippen LogP contribution in [0.2, 0.25) is 5.02 Å². The molecule has 0 unspecified atom stereocenters. The summed E-state index contributed by atoms with van der Waals surface area (Å²) in [5.74, 6) is -2.60. The van der Waals surface area contributed by atoms with Crippen LogP contribution in [0.3, 0.4) is 0 Å². The predicted octanol–water partition coefficient (Wildman–Crippen LogP) is 4.69. The summed E-state index contributed by atoms with van der Waals surface area (Å²) in [5, 5.41) is 5.19. The van der Waals surface area contributed by atoms with Gasteiger partial charge in [-0.2, -0.15) is 13.9 Å². The number of nitrogens with zero attached hydrogens (tertiary/aromatic N) is 7. The molecular weight excluding hydrogens is 613 g/mol. The van der Waals surface area contributed by atoms with E-state index in [0.717, 1.165) is 30.1 Å². The zero-order valence-corrected chi connectivity index (χ0v) is 24.0. The van der Waals surface area contributed by atoms with Crippen molar-refractivity contribution in [2.24, 2.45) is 11.7 Å². The maximum atomic E-state index is 15.0. The molecule has 1 fully saturated rings. The van der Waals surface area contributed by atoms with Gasteiger partial charge in [-0.05, 0) is 55.0 Å². The molecule has 1 saturated carbocycles. The zero-order chi connectivity index (χ0) is 31.5. The van der Waals surface area contributed by atoms with Gasteiger partial charge in [0.25, 0.3) is 5.91 Å². The minimum atomic E-state index is -4.17. The van der Waals surface area contributed by atoms with Gasteiger partial charge < -0.3 is 10.5 Å². The molecule has 2 amide bonds. The third-order valence-electron chi connectivity index (χ3n) is 7.63. The van der Waals surface area contributed by atoms with Crippen molar-refractivity contribution >= 4 is 40.1 Å². The molecule has 5 aromatic rings. The van der Waals surface area contributed by atoms with Gasteiger partial charge in [0.05, 0.1) is 52.8 Å². The van der Waals surface area contributed by atoms with Gasteiger partial charge in [-0.1, -0.05) is 17.7 Å². The topological polar surface area (TPSA) is 142 Å². The molecule has 45 heavy (non-hydrogen) atoms. The molecule has 0 bridgehead atoms. The molecular formula is C30H22ClF3N8O3. The van der Waals surface area contributed by atoms with Crippen LogP contribution in [0, 0.1) is 11.7 Å². The standard InChI is InChI=1S/C30H22ClF3N8O3/c31-17-4-5-19(36-9-17)13-41-22-6-3-16(8-23(22)45-30(33,34)29(41)44)25-20-12-39-42(14-24-37-10-18(32)11-38-24)28(20)40-21(7-15-1-2-15)26(25)27(35)43/h3-6,8-12,15H,1-2,7,13-14H2,(H2,35,43). The van der Waals surface area contributed by atoms with Crippen LogP contribution in [0.15, 0.2) is 55.1 Å². The smallest absolute Gasteiger partial charge is 0.423 e. The lowest BCUT2D eigenvalue weighted by molar-refractivity contribution is -0.193. The Morgan fingerprint density at radius 1 is 1.07 bits per heavy atom. The van der Waals surface area contributed by atoms with Crippen LogP contribution in [0.1, 0.15) is 40.4 Å². The highest BCUT2D eigenvalue weighted by Crippen LogP contribution is 2.44. The number of carbonyl (C=O) groups excluding carboxylic acids is 2. The molecule has 0 radical (unpaired) electrons. The fourth-order valence-corrected chi connectivity index (χ4v) is 5.47. The number of hydrogen-bond donors (Lipinski definition) is 1. The molecule has 1 aliphatic heterocycles. The van der Waals surface area contributed by atoms with Gasteiger partial charge in [0.2, 0.25) is 0 Å². The second-order valence-electron chi connectivity index (χ2n) is 10.8. The summed E-state index contributed by atoms with van der Waals surface area (Å²) in [6, 6.07) is 7.45. The Hall–Kier alpha value is -5.11. The second-order valence-corrected chi connectivity index (χ2v) is 11.3. The molecule has 0 atom stereocenters. The van der Waals surface area contributed by atoms with Gasteiger partial charge in [0.15, 0.2) is 17.2 Å². The van der Waals surface area contributed by atoms with Gasteiger partial charge in [-0.15, -0.1) is 0 Å². The highest BCUT2D eigenvalue weighted by molar-refractivity contribution is 6.30. The Balaban J connectivity index is 1.37. The van der Waals surface area contributed by atoms with Crippen molar-refractivity contribution in [1.29, 1.82) is 0 Å². The number of alkyl halides is 2. The van der Waals surface area contributed by atoms with Crippen molar-refractivity contribution in [3.8, 4) is 16.9 Å². The van der Waals surface area contributed by atoms with E-state index in [4.69, 9.17) is 27.1 Å². The van der Waals surface area contributed by atoms with Crippen LogP contribution in [0.4, 0.5) is 18.9 Å². The zero-order valence-electron chi connectivity index (χ0n) is 23.3. The number of amides is 2. The number of benzene rings is 1. The van der Waals surface area contributed by atoms with E-state index < -0.39 is 23.7 Å². The molecule has 2 N–H and O–H groups in total. The minimum absolute atomic E-state index is 0.0460. The molecule has 2 aliphatic rings. The summed E-state index contributed by atoms with van der Waals surface area (Å²) < 4.78 is 49.7. The average molecular weight is 635 g/mol. The Morgan fingerprint density at radius 3 is 2.53 bits per heavy atom. The van der Waals surface area contributed by atoms with E-state index >= 15 is 0 Å². The second kappa shape index (κ2) is 10.8. The van der Waals surface area contributed by atoms with Gasteiger partial charge in [-0.25, -0.2) is 24.0 Å². The third kappa shape index (κ3) is 5.41. The molecule has 0 saturated heterocycles. The maximum Gasteiger partial charge on any atom is 0.482 e. The van der Waals surface area contributed by atoms with Crippen LogP contribution < -0.4 is 15.4 Å². The lowest BCUT2D eigenvalue weighted by atomic mass is 9.93. The summed E-state index contributed by atoms with van der Waals surface area (Å²) in [4.78, 5) is 43.5. The van der Waals surface area contributed by atoms with E-state index in [1.165, 1.54) is 35.3 Å². The molecule has 228 valence electrons. The molecule has 7 rings (SSSR count). The first-order valence-electron chi connectivity index (χ1n) is 13.9. The maximum absolute atomic E-state index is 15.0. The first-order valence-corrected chi connectivity index (χ1v) is 14.2. The first-order chi connectivity index (χ1) is 21.6. The van der Waals surface area contributed by atoms with Gasteiger partial charge in [-0.3, -0.25) is 19.5 Å². The number of ether oxygens (including phenoxy) is 1. The van der Waals surface area contributed by atoms with Crippen molar-refractivity contribution < 1.29 is 27.5 Å². The summed E-state index contributed by atoms with van der Waals surface area (Å²) in [7, 11) is 0. The van der Waals surface area contributed by atoms with Crippen molar-refractivity contribution in [1.82, 2.24) is 29.7 Å². The molecule has 0 spiro atoms. The number of pyridine rings is 2. The van der Waals surface area contributed by atoms with E-state index in [9.17, 15) is 22.8 Å². The van der Waals surface area contributed by atoms with Crippen molar-refractivity contribution in [3.05, 3.63) is 88.7 Å². The number of primary amides is 1. The number of aromatic nitrogens is 6. The summed E-state index contributed by atoms with van der Waals surface area (Å²) in [6.45, 7) is -0.221. The lowest BCUT2D eigenvalue weighted by Gasteiger charge is -2.33. The quantitative estimate of drug-likeness (QED) is 0.259. The summed E-state index contributed by atoms with van der Waals surface area (Å²) in [5.41, 5.74) is 7.91. The summed E-state index contributed by atoms with van der Waals surface area (Å²) in [6.07, 6.45) is 3.13. The van der Waals surface area contributed by atoms with E-state index in [-0.39, 0.29) is 35.9 Å². The number of halogens is 4. The van der Waals surface area contributed by atoms with Crippen LogP contribution in [0.5, 0.6) is 5.75 Å². The van der Waals surface area contributed by atoms with E-state index in [0.29, 0.717) is 50.9 Å². The Morgan fingerprint density at radius 2 is 1.84 bits per heavy atom. The van der Waals surface area contributed by atoms with E-state index in [2.05, 4.69) is 20.1 Å². The normalized spacial score (nSPS) is 15.6. The highest BCUT2D eigenvalue weighted by Gasteiger charge is 2.50. The number of rotatable bonds is 8. The highest BCUT2D eigenvalue weighted by atomic mass is 35.5. The van der Waals surface area contributed by atoms with Gasteiger partial charge >= 0.3 is 12.0 Å². The largest absolute Gasteiger partial charge is 0.482 e. The molecule has 1 aromatic carbocycles. The van der Waals surface area contributed by atoms with E-state index in [1.807, 2.05) is 0 Å². The Kier molecular flexibility index (Phi) is 6.88. The number of fused-ring (bicyclic) bond motifs is 2. The van der Waals surface area contributed by atoms with Crippen LogP contribution in [-0.2, 0) is 24.3 Å². The Bertz CT molecular complexity index is 1980. The number of carbonyl (C=O) groups is 2. The Labute approximate surface area is 257 Å². The number of nitrogens with two attached hydrogens (primary N) is 1. The first kappa shape index (κ1) is 28.6. The average Bonchev–Trinajstić information content (AvgIpc) is 3.74. The molecule has 4 aromatic heterocycles. The number of hydrogen-bond acceptors (Lipinski definition) is 8. The van der Waals surface area contributed by atoms with Crippen LogP contribution in [0.25, 0.3) is 22.2 Å². The SMILES string of the molecule is NC(=O)c1c(CC2CC2)nc2c(cnn2Cc2ncc(F)cn2)c1-c1ccc2c(c1)OC(F)(F)C(=O)N2Cc1ccc(Cl)cn1. The van der Waals surface area contributed by atoms with Crippen LogP contribution in [-0.4, -0.2) is 47.6 Å². The summed E-state index contributed by atoms with van der Waals surface area (Å²) >= 11 is 5.91. The molecule has 15 heteroatoms. The van der Waals surface area contributed by atoms with Crippen molar-refractivity contribution in [3.63, 3.8) is 0 Å². The minimum Gasteiger partial charge on any atom is -0.423 e. The monoisotopic (exact) mass is 634 g/mol. The number of anilines is 1.